The maximum atomic E-state index is 14.6. The van der Waals surface area contributed by atoms with Crippen LogP contribution in [0.2, 0.25) is 0 Å². The third-order valence-electron chi connectivity index (χ3n) is 6.54. The van der Waals surface area contributed by atoms with Crippen LogP contribution in [0, 0.1) is 5.82 Å². The van der Waals surface area contributed by atoms with E-state index in [9.17, 15) is 17.6 Å². The summed E-state index contributed by atoms with van der Waals surface area (Å²) in [6.45, 7) is 1.00. The molecule has 5 rings (SSSR count). The van der Waals surface area contributed by atoms with Crippen LogP contribution in [0.4, 0.5) is 20.6 Å². The van der Waals surface area contributed by atoms with Gasteiger partial charge in [0.05, 0.1) is 30.3 Å². The van der Waals surface area contributed by atoms with Gasteiger partial charge in [-0.05, 0) is 59.3 Å². The number of hydrogen-bond donors (Lipinski definition) is 1. The molecule has 0 saturated carbocycles. The molecule has 0 aliphatic carbocycles. The van der Waals surface area contributed by atoms with Crippen molar-refractivity contribution >= 4 is 38.6 Å². The molecule has 0 spiro atoms. The van der Waals surface area contributed by atoms with Crippen LogP contribution in [0.3, 0.4) is 0 Å². The lowest BCUT2D eigenvalue weighted by Crippen LogP contribution is -2.42. The molecule has 3 heterocycles. The molecule has 184 valence electrons. The number of hydrogen-bond acceptors (Lipinski definition) is 6. The second-order valence-corrected chi connectivity index (χ2v) is 12.0. The van der Waals surface area contributed by atoms with E-state index >= 15 is 0 Å². The molecule has 1 N–H and O–H groups in total. The number of thiophene rings is 1. The standard InChI is InChI=1S/C25H26FN3O4S2/c1-33-19-5-2-17(3-6-19)24-20-9-13-34-23(20)8-10-29(24)25(30)27-18-4-7-21(26)22(16-18)28-11-14-35(31,32)15-12-28/h2-7,9,13,16,24H,8,10-12,14-15H2,1H3,(H,27,30). The van der Waals surface area contributed by atoms with E-state index in [0.717, 1.165) is 23.3 Å². The number of urea groups is 1. The average Bonchev–Trinajstić information content (AvgIpc) is 3.34. The second-order valence-electron chi connectivity index (χ2n) is 8.65. The highest BCUT2D eigenvalue weighted by molar-refractivity contribution is 7.91. The number of halogens is 1. The normalized spacial score (nSPS) is 19.2. The summed E-state index contributed by atoms with van der Waals surface area (Å²) in [7, 11) is -1.47. The molecule has 2 aromatic carbocycles. The van der Waals surface area contributed by atoms with Gasteiger partial charge in [0, 0.05) is 30.2 Å². The number of methoxy groups -OCH3 is 1. The minimum atomic E-state index is -3.08. The van der Waals surface area contributed by atoms with Crippen LogP contribution in [0.15, 0.2) is 53.9 Å². The van der Waals surface area contributed by atoms with Gasteiger partial charge in [-0.2, -0.15) is 0 Å². The number of ether oxygens (including phenoxy) is 1. The number of anilines is 2. The lowest BCUT2D eigenvalue weighted by Gasteiger charge is -2.36. The lowest BCUT2D eigenvalue weighted by molar-refractivity contribution is 0.194. The predicted octanol–water partition coefficient (Wildman–Crippen LogP) is 4.31. The second kappa shape index (κ2) is 9.50. The zero-order valence-electron chi connectivity index (χ0n) is 19.2. The number of nitrogens with zero attached hydrogens (tertiary/aromatic N) is 2. The number of nitrogens with one attached hydrogen (secondary N) is 1. The van der Waals surface area contributed by atoms with Crippen molar-refractivity contribution < 1.29 is 22.3 Å². The van der Waals surface area contributed by atoms with Gasteiger partial charge in [-0.25, -0.2) is 17.6 Å². The van der Waals surface area contributed by atoms with E-state index in [-0.39, 0.29) is 36.7 Å². The van der Waals surface area contributed by atoms with Crippen LogP contribution in [0.1, 0.15) is 22.0 Å². The van der Waals surface area contributed by atoms with Crippen molar-refractivity contribution in [2.45, 2.75) is 12.5 Å². The third-order valence-corrected chi connectivity index (χ3v) is 9.15. The summed E-state index contributed by atoms with van der Waals surface area (Å²) < 4.78 is 43.4. The fourth-order valence-electron chi connectivity index (χ4n) is 4.66. The van der Waals surface area contributed by atoms with Gasteiger partial charge in [0.25, 0.3) is 0 Å². The Balaban J connectivity index is 1.39. The number of carbonyl (C=O) groups is 1. The highest BCUT2D eigenvalue weighted by atomic mass is 32.2. The predicted molar refractivity (Wildman–Crippen MR) is 136 cm³/mol. The minimum absolute atomic E-state index is 0.0106. The summed E-state index contributed by atoms with van der Waals surface area (Å²) in [4.78, 5) is 18.2. The molecule has 7 nitrogen and oxygen atoms in total. The van der Waals surface area contributed by atoms with Crippen molar-refractivity contribution in [3.8, 4) is 5.75 Å². The van der Waals surface area contributed by atoms with Crippen LogP contribution in [-0.4, -0.2) is 57.6 Å². The van der Waals surface area contributed by atoms with E-state index in [1.807, 2.05) is 29.6 Å². The van der Waals surface area contributed by atoms with Crippen LogP contribution in [0.25, 0.3) is 0 Å². The van der Waals surface area contributed by atoms with Gasteiger partial charge < -0.3 is 19.9 Å². The first-order chi connectivity index (χ1) is 16.8. The fraction of sp³-hybridized carbons (Fsp3) is 0.320. The fourth-order valence-corrected chi connectivity index (χ4v) is 6.77. The van der Waals surface area contributed by atoms with Gasteiger partial charge in [-0.15, -0.1) is 11.3 Å². The first-order valence-corrected chi connectivity index (χ1v) is 14.1. The van der Waals surface area contributed by atoms with E-state index in [0.29, 0.717) is 17.9 Å². The van der Waals surface area contributed by atoms with Gasteiger partial charge in [0.1, 0.15) is 11.6 Å². The van der Waals surface area contributed by atoms with Crippen molar-refractivity contribution in [2.75, 3.05) is 48.5 Å². The molecule has 1 unspecified atom stereocenters. The molecule has 2 aliphatic heterocycles. The number of sulfone groups is 1. The monoisotopic (exact) mass is 515 g/mol. The summed E-state index contributed by atoms with van der Waals surface area (Å²) in [5.74, 6) is 0.280. The third kappa shape index (κ3) is 4.85. The minimum Gasteiger partial charge on any atom is -0.497 e. The summed E-state index contributed by atoms with van der Waals surface area (Å²) in [5.41, 5.74) is 2.85. The molecular formula is C25H26FN3O4S2. The molecule has 2 aliphatic rings. The van der Waals surface area contributed by atoms with Gasteiger partial charge in [0.15, 0.2) is 9.84 Å². The largest absolute Gasteiger partial charge is 0.497 e. The first-order valence-electron chi connectivity index (χ1n) is 11.4. The van der Waals surface area contributed by atoms with E-state index in [2.05, 4.69) is 11.4 Å². The molecule has 10 heteroatoms. The Morgan fingerprint density at radius 2 is 1.83 bits per heavy atom. The highest BCUT2D eigenvalue weighted by Crippen LogP contribution is 2.38. The molecule has 0 radical (unpaired) electrons. The Kier molecular flexibility index (Phi) is 6.41. The Morgan fingerprint density at radius 3 is 2.54 bits per heavy atom. The van der Waals surface area contributed by atoms with Crippen LogP contribution < -0.4 is 15.0 Å². The van der Waals surface area contributed by atoms with Crippen molar-refractivity contribution in [2.24, 2.45) is 0 Å². The van der Waals surface area contributed by atoms with E-state index in [4.69, 9.17) is 4.74 Å². The Labute approximate surface area is 208 Å². The van der Waals surface area contributed by atoms with Crippen LogP contribution in [0.5, 0.6) is 5.75 Å². The first kappa shape index (κ1) is 23.6. The Hall–Kier alpha value is -3.11. The van der Waals surface area contributed by atoms with Gasteiger partial charge in [-0.3, -0.25) is 0 Å². The zero-order valence-corrected chi connectivity index (χ0v) is 20.9. The van der Waals surface area contributed by atoms with Crippen LogP contribution >= 0.6 is 11.3 Å². The molecule has 2 amide bonds. The van der Waals surface area contributed by atoms with E-state index in [1.54, 1.807) is 34.3 Å². The number of amides is 2. The molecular weight excluding hydrogens is 489 g/mol. The maximum Gasteiger partial charge on any atom is 0.322 e. The quantitative estimate of drug-likeness (QED) is 0.560. The smallest absolute Gasteiger partial charge is 0.322 e. The van der Waals surface area contributed by atoms with Crippen molar-refractivity contribution in [1.82, 2.24) is 4.90 Å². The van der Waals surface area contributed by atoms with Crippen LogP contribution in [-0.2, 0) is 16.3 Å². The van der Waals surface area contributed by atoms with Gasteiger partial charge >= 0.3 is 6.03 Å². The van der Waals surface area contributed by atoms with Gasteiger partial charge in [0.2, 0.25) is 0 Å². The van der Waals surface area contributed by atoms with Gasteiger partial charge in [-0.1, -0.05) is 12.1 Å². The SMILES string of the molecule is COc1ccc(C2c3ccsc3CCN2C(=O)Nc2ccc(F)c(N3CCS(=O)(=O)CC3)c2)cc1. The van der Waals surface area contributed by atoms with Crippen molar-refractivity contribution in [3.63, 3.8) is 0 Å². The molecule has 1 fully saturated rings. The van der Waals surface area contributed by atoms with Crippen molar-refractivity contribution in [3.05, 3.63) is 75.7 Å². The summed E-state index contributed by atoms with van der Waals surface area (Å²) in [6, 6.07) is 13.7. The summed E-state index contributed by atoms with van der Waals surface area (Å²) in [5, 5.41) is 4.98. The summed E-state index contributed by atoms with van der Waals surface area (Å²) in [6.07, 6.45) is 0.768. The molecule has 3 aromatic rings. The molecule has 1 aromatic heterocycles. The molecule has 1 atom stereocenters. The number of benzene rings is 2. The lowest BCUT2D eigenvalue weighted by atomic mass is 9.93. The number of fused-ring (bicyclic) bond motifs is 1. The Bertz CT molecular complexity index is 1330. The molecule has 35 heavy (non-hydrogen) atoms. The topological polar surface area (TPSA) is 79.0 Å². The number of carbonyl (C=O) groups excluding carboxylic acids is 1. The average molecular weight is 516 g/mol. The highest BCUT2D eigenvalue weighted by Gasteiger charge is 2.33. The Morgan fingerprint density at radius 1 is 1.09 bits per heavy atom. The molecule has 1 saturated heterocycles. The maximum absolute atomic E-state index is 14.6. The van der Waals surface area contributed by atoms with E-state index < -0.39 is 15.7 Å². The zero-order chi connectivity index (χ0) is 24.6. The van der Waals surface area contributed by atoms with Crippen molar-refractivity contribution in [1.29, 1.82) is 0 Å². The summed E-state index contributed by atoms with van der Waals surface area (Å²) >= 11 is 1.70. The van der Waals surface area contributed by atoms with E-state index in [1.165, 1.54) is 17.0 Å². The molecule has 0 bridgehead atoms. The number of rotatable bonds is 4.